The molecule has 0 bridgehead atoms. The van der Waals surface area contributed by atoms with Gasteiger partial charge in [0.1, 0.15) is 12.4 Å². The first-order chi connectivity index (χ1) is 15.0. The van der Waals surface area contributed by atoms with Crippen molar-refractivity contribution in [1.82, 2.24) is 4.98 Å². The number of hydrogen-bond donors (Lipinski definition) is 1. The lowest BCUT2D eigenvalue weighted by Gasteiger charge is -2.19. The maximum Gasteiger partial charge on any atom is 0.120 e. The molecule has 0 aliphatic rings. The van der Waals surface area contributed by atoms with Crippen molar-refractivity contribution in [3.8, 4) is 16.9 Å². The van der Waals surface area contributed by atoms with Gasteiger partial charge in [0.15, 0.2) is 0 Å². The van der Waals surface area contributed by atoms with E-state index in [2.05, 4.69) is 74.6 Å². The molecule has 4 aromatic rings. The first kappa shape index (κ1) is 20.9. The molecule has 3 aromatic carbocycles. The fourth-order valence-corrected chi connectivity index (χ4v) is 3.95. The van der Waals surface area contributed by atoms with Gasteiger partial charge in [0.05, 0.1) is 16.9 Å². The van der Waals surface area contributed by atoms with E-state index in [9.17, 15) is 0 Å². The summed E-state index contributed by atoms with van der Waals surface area (Å²) in [7, 11) is 1.99. The van der Waals surface area contributed by atoms with Gasteiger partial charge in [-0.25, -0.2) is 0 Å². The third-order valence-corrected chi connectivity index (χ3v) is 5.47. The lowest BCUT2D eigenvalue weighted by Crippen LogP contribution is -2.06. The second-order valence-electron chi connectivity index (χ2n) is 8.48. The van der Waals surface area contributed by atoms with E-state index in [0.29, 0.717) is 12.5 Å². The summed E-state index contributed by atoms with van der Waals surface area (Å²) in [6.45, 7) is 7.13. The summed E-state index contributed by atoms with van der Waals surface area (Å²) in [5.74, 6) is 1.38. The molecule has 0 saturated heterocycles. The summed E-state index contributed by atoms with van der Waals surface area (Å²) in [5, 5.41) is 4.55. The zero-order valence-corrected chi connectivity index (χ0v) is 18.8. The van der Waals surface area contributed by atoms with E-state index >= 15 is 0 Å². The maximum atomic E-state index is 6.13. The van der Waals surface area contributed by atoms with Gasteiger partial charge >= 0.3 is 0 Å². The van der Waals surface area contributed by atoms with Crippen LogP contribution in [0.2, 0.25) is 0 Å². The third-order valence-electron chi connectivity index (χ3n) is 5.47. The van der Waals surface area contributed by atoms with Crippen LogP contribution in [0.15, 0.2) is 72.8 Å². The van der Waals surface area contributed by atoms with E-state index in [4.69, 9.17) is 9.72 Å². The minimum absolute atomic E-state index is 0.524. The first-order valence-electron chi connectivity index (χ1n) is 10.9. The van der Waals surface area contributed by atoms with Crippen LogP contribution < -0.4 is 10.1 Å². The molecule has 0 amide bonds. The standard InChI is InChI=1S/C28H30N2O/c1-19(2)16-26-28(29-4)27(22-12-10-20(3)11-13-22)24-17-23(14-15-25(24)30-26)31-18-21-8-6-5-7-9-21/h5-15,17,19,29H,16,18H2,1-4H3. The number of ether oxygens (including phenoxy) is 1. The number of aryl methyl sites for hydroxylation is 1. The van der Waals surface area contributed by atoms with Crippen molar-refractivity contribution in [1.29, 1.82) is 0 Å². The van der Waals surface area contributed by atoms with Crippen LogP contribution in [-0.2, 0) is 13.0 Å². The van der Waals surface area contributed by atoms with Crippen molar-refractivity contribution in [2.75, 3.05) is 12.4 Å². The smallest absolute Gasteiger partial charge is 0.120 e. The summed E-state index contributed by atoms with van der Waals surface area (Å²) < 4.78 is 6.13. The highest BCUT2D eigenvalue weighted by molar-refractivity contribution is 6.02. The molecule has 0 radical (unpaired) electrons. The van der Waals surface area contributed by atoms with Crippen molar-refractivity contribution < 1.29 is 4.74 Å². The molecular weight excluding hydrogens is 380 g/mol. The molecule has 31 heavy (non-hydrogen) atoms. The van der Waals surface area contributed by atoms with Gasteiger partial charge in [0.2, 0.25) is 0 Å². The van der Waals surface area contributed by atoms with Gasteiger partial charge in [-0.1, -0.05) is 74.0 Å². The highest BCUT2D eigenvalue weighted by Crippen LogP contribution is 2.39. The summed E-state index contributed by atoms with van der Waals surface area (Å²) in [4.78, 5) is 5.03. The minimum Gasteiger partial charge on any atom is -0.489 e. The van der Waals surface area contributed by atoms with Crippen LogP contribution in [0.4, 0.5) is 5.69 Å². The number of aromatic nitrogens is 1. The molecule has 158 valence electrons. The van der Waals surface area contributed by atoms with E-state index in [-0.39, 0.29) is 0 Å². The zero-order valence-electron chi connectivity index (χ0n) is 18.8. The van der Waals surface area contributed by atoms with Crippen LogP contribution in [0.1, 0.15) is 30.7 Å². The van der Waals surface area contributed by atoms with E-state index in [0.717, 1.165) is 40.0 Å². The van der Waals surface area contributed by atoms with Crippen LogP contribution in [0.25, 0.3) is 22.0 Å². The lowest BCUT2D eigenvalue weighted by molar-refractivity contribution is 0.306. The van der Waals surface area contributed by atoms with Gasteiger partial charge in [-0.15, -0.1) is 0 Å². The first-order valence-corrected chi connectivity index (χ1v) is 10.9. The molecule has 3 nitrogen and oxygen atoms in total. The summed E-state index contributed by atoms with van der Waals surface area (Å²) in [6.07, 6.45) is 0.928. The molecule has 3 heteroatoms. The van der Waals surface area contributed by atoms with Gasteiger partial charge in [-0.3, -0.25) is 4.98 Å². The average molecular weight is 411 g/mol. The normalized spacial score (nSPS) is 11.1. The van der Waals surface area contributed by atoms with Crippen molar-refractivity contribution >= 4 is 16.6 Å². The zero-order chi connectivity index (χ0) is 21.8. The number of nitrogens with zero attached hydrogens (tertiary/aromatic N) is 1. The Balaban J connectivity index is 1.84. The van der Waals surface area contributed by atoms with Crippen molar-refractivity contribution in [3.63, 3.8) is 0 Å². The molecule has 0 fully saturated rings. The average Bonchev–Trinajstić information content (AvgIpc) is 2.78. The van der Waals surface area contributed by atoms with Gasteiger partial charge in [-0.2, -0.15) is 0 Å². The molecule has 1 N–H and O–H groups in total. The van der Waals surface area contributed by atoms with Crippen LogP contribution in [0, 0.1) is 12.8 Å². The SMILES string of the molecule is CNc1c(CC(C)C)nc2ccc(OCc3ccccc3)cc2c1-c1ccc(C)cc1. The predicted octanol–water partition coefficient (Wildman–Crippen LogP) is 7.03. The van der Waals surface area contributed by atoms with Gasteiger partial charge in [0, 0.05) is 18.0 Å². The van der Waals surface area contributed by atoms with E-state index in [1.165, 1.54) is 16.7 Å². The number of fused-ring (bicyclic) bond motifs is 1. The number of benzene rings is 3. The maximum absolute atomic E-state index is 6.13. The number of hydrogen-bond acceptors (Lipinski definition) is 3. The number of pyridine rings is 1. The Morgan fingerprint density at radius 3 is 2.35 bits per heavy atom. The second kappa shape index (κ2) is 9.22. The number of rotatable bonds is 7. The Bertz CT molecular complexity index is 1170. The molecule has 1 heterocycles. The lowest BCUT2D eigenvalue weighted by atomic mass is 9.94. The van der Waals surface area contributed by atoms with E-state index in [1.807, 2.05) is 31.3 Å². The Hall–Kier alpha value is -3.33. The summed E-state index contributed by atoms with van der Waals surface area (Å²) in [6, 6.07) is 25.2. The molecule has 1 aromatic heterocycles. The Morgan fingerprint density at radius 2 is 1.68 bits per heavy atom. The topological polar surface area (TPSA) is 34.2 Å². The second-order valence-corrected chi connectivity index (χ2v) is 8.48. The molecule has 0 atom stereocenters. The molecule has 0 spiro atoms. The summed E-state index contributed by atoms with van der Waals surface area (Å²) >= 11 is 0. The number of nitrogens with one attached hydrogen (secondary N) is 1. The van der Waals surface area contributed by atoms with Gasteiger partial charge in [0.25, 0.3) is 0 Å². The molecular formula is C28H30N2O. The van der Waals surface area contributed by atoms with Crippen LogP contribution >= 0.6 is 0 Å². The molecule has 0 unspecified atom stereocenters. The van der Waals surface area contributed by atoms with E-state index in [1.54, 1.807) is 0 Å². The molecule has 0 saturated carbocycles. The molecule has 4 rings (SSSR count). The molecule has 0 aliphatic heterocycles. The highest BCUT2D eigenvalue weighted by Gasteiger charge is 2.17. The number of anilines is 1. The van der Waals surface area contributed by atoms with Crippen LogP contribution in [-0.4, -0.2) is 12.0 Å². The fourth-order valence-electron chi connectivity index (χ4n) is 3.95. The van der Waals surface area contributed by atoms with Gasteiger partial charge < -0.3 is 10.1 Å². The monoisotopic (exact) mass is 410 g/mol. The fraction of sp³-hybridized carbons (Fsp3) is 0.250. The van der Waals surface area contributed by atoms with Crippen molar-refractivity contribution in [3.05, 3.63) is 89.6 Å². The predicted molar refractivity (Wildman–Crippen MR) is 131 cm³/mol. The largest absolute Gasteiger partial charge is 0.489 e. The van der Waals surface area contributed by atoms with Crippen molar-refractivity contribution in [2.45, 2.75) is 33.8 Å². The Labute approximate surface area is 185 Å². The van der Waals surface area contributed by atoms with E-state index < -0.39 is 0 Å². The quantitative estimate of drug-likeness (QED) is 0.355. The third kappa shape index (κ3) is 4.72. The van der Waals surface area contributed by atoms with Crippen molar-refractivity contribution in [2.24, 2.45) is 5.92 Å². The Kier molecular flexibility index (Phi) is 6.22. The highest BCUT2D eigenvalue weighted by atomic mass is 16.5. The Morgan fingerprint density at radius 1 is 0.935 bits per heavy atom. The minimum atomic E-state index is 0.524. The van der Waals surface area contributed by atoms with Crippen LogP contribution in [0.3, 0.4) is 0 Å². The summed E-state index contributed by atoms with van der Waals surface area (Å²) in [5.41, 5.74) is 7.99. The van der Waals surface area contributed by atoms with Gasteiger partial charge in [-0.05, 0) is 48.6 Å². The molecule has 0 aliphatic carbocycles. The van der Waals surface area contributed by atoms with Crippen LogP contribution in [0.5, 0.6) is 5.75 Å².